The highest BCUT2D eigenvalue weighted by Crippen LogP contribution is 2.35. The Balaban J connectivity index is 1.98. The van der Waals surface area contributed by atoms with Crippen LogP contribution >= 0.6 is 11.3 Å². The Morgan fingerprint density at radius 1 is 1.58 bits per heavy atom. The summed E-state index contributed by atoms with van der Waals surface area (Å²) in [6, 6.07) is 4.76. The van der Waals surface area contributed by atoms with Crippen LogP contribution < -0.4 is 4.90 Å². The maximum Gasteiger partial charge on any atom is 0.155 e. The van der Waals surface area contributed by atoms with Crippen LogP contribution in [0.5, 0.6) is 0 Å². The van der Waals surface area contributed by atoms with Crippen LogP contribution in [0.25, 0.3) is 0 Å². The third kappa shape index (κ3) is 2.30. The fraction of sp³-hybridized carbons (Fsp3) is 0.429. The first-order chi connectivity index (χ1) is 9.20. The van der Waals surface area contributed by atoms with Gasteiger partial charge >= 0.3 is 0 Å². The first-order valence-corrected chi connectivity index (χ1v) is 7.36. The molecule has 2 aromatic rings. The van der Waals surface area contributed by atoms with Gasteiger partial charge in [-0.1, -0.05) is 6.07 Å². The number of thiophene rings is 1. The van der Waals surface area contributed by atoms with E-state index in [4.69, 9.17) is 0 Å². The monoisotopic (exact) mass is 275 g/mol. The second-order valence-electron chi connectivity index (χ2n) is 5.00. The number of aldehydes is 1. The number of carbonyl (C=O) groups is 1. The predicted molar refractivity (Wildman–Crippen MR) is 76.9 cm³/mol. The molecule has 100 valence electrons. The molecule has 19 heavy (non-hydrogen) atoms. The van der Waals surface area contributed by atoms with Crippen LogP contribution in [0, 0.1) is 6.92 Å². The van der Waals surface area contributed by atoms with E-state index in [0.29, 0.717) is 6.04 Å². The molecule has 0 saturated heterocycles. The van der Waals surface area contributed by atoms with Crippen LogP contribution in [0.4, 0.5) is 5.82 Å². The Labute approximate surface area is 116 Å². The van der Waals surface area contributed by atoms with Crippen LogP contribution in [0.3, 0.4) is 0 Å². The van der Waals surface area contributed by atoms with E-state index in [1.807, 2.05) is 18.7 Å². The number of hydrogen-bond donors (Lipinski definition) is 0. The Morgan fingerprint density at radius 2 is 2.37 bits per heavy atom. The number of hydrogen-bond acceptors (Lipinski definition) is 4. The molecule has 1 aliphatic carbocycles. The molecular weight excluding hydrogens is 258 g/mol. The summed E-state index contributed by atoms with van der Waals surface area (Å²) in [4.78, 5) is 15.0. The molecule has 2 heterocycles. The largest absolute Gasteiger partial charge is 0.348 e. The molecule has 5 heteroatoms. The molecule has 4 nitrogen and oxygen atoms in total. The quantitative estimate of drug-likeness (QED) is 0.788. The van der Waals surface area contributed by atoms with Crippen molar-refractivity contribution < 1.29 is 4.79 Å². The van der Waals surface area contributed by atoms with Crippen molar-refractivity contribution in [1.29, 1.82) is 0 Å². The molecule has 1 saturated carbocycles. The van der Waals surface area contributed by atoms with Crippen molar-refractivity contribution in [2.24, 2.45) is 7.05 Å². The van der Waals surface area contributed by atoms with Gasteiger partial charge in [-0.15, -0.1) is 11.3 Å². The molecule has 1 aliphatic rings. The van der Waals surface area contributed by atoms with E-state index < -0.39 is 0 Å². The second-order valence-corrected chi connectivity index (χ2v) is 6.03. The van der Waals surface area contributed by atoms with Gasteiger partial charge in [0, 0.05) is 18.0 Å². The van der Waals surface area contributed by atoms with Crippen molar-refractivity contribution in [1.82, 2.24) is 9.78 Å². The van der Waals surface area contributed by atoms with E-state index in [1.54, 1.807) is 11.3 Å². The minimum Gasteiger partial charge on any atom is -0.348 e. The van der Waals surface area contributed by atoms with Crippen molar-refractivity contribution in [2.45, 2.75) is 32.4 Å². The fourth-order valence-corrected chi connectivity index (χ4v) is 3.18. The lowest BCUT2D eigenvalue weighted by atomic mass is 10.2. The van der Waals surface area contributed by atoms with Gasteiger partial charge in [0.1, 0.15) is 5.82 Å². The van der Waals surface area contributed by atoms with Crippen LogP contribution in [0.15, 0.2) is 17.5 Å². The zero-order valence-corrected chi connectivity index (χ0v) is 12.0. The molecule has 0 radical (unpaired) electrons. The lowest BCUT2D eigenvalue weighted by Gasteiger charge is -2.24. The van der Waals surface area contributed by atoms with Crippen LogP contribution in [-0.4, -0.2) is 22.1 Å². The molecule has 0 amide bonds. The van der Waals surface area contributed by atoms with E-state index in [9.17, 15) is 4.79 Å². The minimum absolute atomic E-state index is 0.551. The molecule has 0 bridgehead atoms. The van der Waals surface area contributed by atoms with Gasteiger partial charge in [-0.05, 0) is 31.2 Å². The van der Waals surface area contributed by atoms with Crippen LogP contribution in [0.2, 0.25) is 0 Å². The Kier molecular flexibility index (Phi) is 3.14. The van der Waals surface area contributed by atoms with Gasteiger partial charge in [0.25, 0.3) is 0 Å². The molecule has 0 atom stereocenters. The highest BCUT2D eigenvalue weighted by Gasteiger charge is 2.33. The fourth-order valence-electron chi connectivity index (χ4n) is 2.47. The van der Waals surface area contributed by atoms with Gasteiger partial charge < -0.3 is 4.90 Å². The lowest BCUT2D eigenvalue weighted by molar-refractivity contribution is 0.112. The van der Waals surface area contributed by atoms with Crippen molar-refractivity contribution in [3.63, 3.8) is 0 Å². The molecule has 2 aromatic heterocycles. The van der Waals surface area contributed by atoms with Gasteiger partial charge in [-0.25, -0.2) is 0 Å². The molecule has 3 rings (SSSR count). The summed E-state index contributed by atoms with van der Waals surface area (Å²) >= 11 is 1.76. The minimum atomic E-state index is 0.551. The number of aromatic nitrogens is 2. The van der Waals surface area contributed by atoms with Gasteiger partial charge in [-0.2, -0.15) is 5.10 Å². The van der Waals surface area contributed by atoms with Crippen molar-refractivity contribution >= 4 is 23.4 Å². The van der Waals surface area contributed by atoms with Gasteiger partial charge in [0.15, 0.2) is 6.29 Å². The first-order valence-electron chi connectivity index (χ1n) is 6.48. The third-order valence-corrected chi connectivity index (χ3v) is 4.38. The van der Waals surface area contributed by atoms with E-state index in [0.717, 1.165) is 29.9 Å². The third-order valence-electron chi connectivity index (χ3n) is 3.52. The standard InChI is InChI=1S/C14H17N3OS/c1-10-13(9-18)14(16(2)15-10)17(11-5-6-11)8-12-4-3-7-19-12/h3-4,7,9,11H,5-6,8H2,1-2H3. The Hall–Kier alpha value is -1.62. The summed E-state index contributed by atoms with van der Waals surface area (Å²) in [5.41, 5.74) is 1.54. The summed E-state index contributed by atoms with van der Waals surface area (Å²) in [7, 11) is 1.92. The van der Waals surface area contributed by atoms with Crippen LogP contribution in [-0.2, 0) is 13.6 Å². The van der Waals surface area contributed by atoms with E-state index in [2.05, 4.69) is 27.5 Å². The topological polar surface area (TPSA) is 38.1 Å². The summed E-state index contributed by atoms with van der Waals surface area (Å²) < 4.78 is 1.84. The van der Waals surface area contributed by atoms with Crippen molar-refractivity contribution in [3.8, 4) is 0 Å². The summed E-state index contributed by atoms with van der Waals surface area (Å²) in [6.07, 6.45) is 3.34. The molecule has 0 unspecified atom stereocenters. The summed E-state index contributed by atoms with van der Waals surface area (Å²) in [5.74, 6) is 0.961. The van der Waals surface area contributed by atoms with Crippen molar-refractivity contribution in [2.75, 3.05) is 4.90 Å². The normalized spacial score (nSPS) is 14.6. The summed E-state index contributed by atoms with van der Waals surface area (Å²) in [6.45, 7) is 2.76. The van der Waals surface area contributed by atoms with Crippen LogP contribution in [0.1, 0.15) is 33.8 Å². The van der Waals surface area contributed by atoms with E-state index >= 15 is 0 Å². The highest BCUT2D eigenvalue weighted by atomic mass is 32.1. The first kappa shape index (κ1) is 12.4. The Bertz CT molecular complexity index is 584. The van der Waals surface area contributed by atoms with Gasteiger partial charge in [0.2, 0.25) is 0 Å². The van der Waals surface area contributed by atoms with Gasteiger partial charge in [-0.3, -0.25) is 9.48 Å². The number of rotatable bonds is 5. The predicted octanol–water partition coefficient (Wildman–Crippen LogP) is 2.77. The smallest absolute Gasteiger partial charge is 0.155 e. The average Bonchev–Trinajstić information content (AvgIpc) is 3.02. The zero-order valence-electron chi connectivity index (χ0n) is 11.2. The number of aryl methyl sites for hydroxylation is 2. The average molecular weight is 275 g/mol. The molecule has 0 aromatic carbocycles. The molecule has 0 spiro atoms. The maximum atomic E-state index is 11.3. The maximum absolute atomic E-state index is 11.3. The second kappa shape index (κ2) is 4.81. The van der Waals surface area contributed by atoms with Crippen molar-refractivity contribution in [3.05, 3.63) is 33.6 Å². The SMILES string of the molecule is Cc1nn(C)c(N(Cc2cccs2)C2CC2)c1C=O. The molecule has 0 N–H and O–H groups in total. The number of carbonyl (C=O) groups excluding carboxylic acids is 1. The highest BCUT2D eigenvalue weighted by molar-refractivity contribution is 7.09. The lowest BCUT2D eigenvalue weighted by Crippen LogP contribution is -2.27. The molecular formula is C14H17N3OS. The molecule has 1 fully saturated rings. The molecule has 0 aliphatic heterocycles. The summed E-state index contributed by atoms with van der Waals surface area (Å²) in [5, 5.41) is 6.48. The number of anilines is 1. The zero-order chi connectivity index (χ0) is 13.4. The Morgan fingerprint density at radius 3 is 2.95 bits per heavy atom. The van der Waals surface area contributed by atoms with Gasteiger partial charge in [0.05, 0.1) is 17.8 Å². The van der Waals surface area contributed by atoms with E-state index in [1.165, 1.54) is 17.7 Å². The van der Waals surface area contributed by atoms with E-state index in [-0.39, 0.29) is 0 Å². The number of nitrogens with zero attached hydrogens (tertiary/aromatic N) is 3.